The van der Waals surface area contributed by atoms with Gasteiger partial charge in [-0.1, -0.05) is 0 Å². The maximum atomic E-state index is 12.2. The van der Waals surface area contributed by atoms with Crippen molar-refractivity contribution in [1.82, 2.24) is 9.13 Å². The second-order valence-corrected chi connectivity index (χ2v) is 6.90. The molecule has 0 N–H and O–H groups in total. The van der Waals surface area contributed by atoms with Gasteiger partial charge in [0.2, 0.25) is 0 Å². The molecule has 31 heavy (non-hydrogen) atoms. The molecule has 4 aromatic rings. The van der Waals surface area contributed by atoms with Crippen LogP contribution in [0.5, 0.6) is 0 Å². The number of ether oxygens (including phenoxy) is 2. The molecule has 0 fully saturated rings. The molecule has 0 saturated heterocycles. The number of benzene rings is 2. The summed E-state index contributed by atoms with van der Waals surface area (Å²) in [4.78, 5) is 24.3. The second kappa shape index (κ2) is 9.63. The van der Waals surface area contributed by atoms with Gasteiger partial charge in [-0.15, -0.1) is 0 Å². The molecule has 0 radical (unpaired) electrons. The van der Waals surface area contributed by atoms with Crippen molar-refractivity contribution < 1.29 is 19.1 Å². The molecular formula is C25H22N2O4. The third kappa shape index (κ3) is 5.11. The molecule has 2 heterocycles. The van der Waals surface area contributed by atoms with Gasteiger partial charge in [0, 0.05) is 42.6 Å². The lowest BCUT2D eigenvalue weighted by Crippen LogP contribution is -2.11. The highest BCUT2D eigenvalue weighted by molar-refractivity contribution is 5.90. The molecule has 0 atom stereocenters. The number of nitrogens with zero attached hydrogens (tertiary/aromatic N) is 2. The van der Waals surface area contributed by atoms with Crippen molar-refractivity contribution in [3.8, 4) is 11.4 Å². The van der Waals surface area contributed by atoms with Gasteiger partial charge in [-0.05, 0) is 72.8 Å². The van der Waals surface area contributed by atoms with E-state index in [1.807, 2.05) is 82.5 Å². The van der Waals surface area contributed by atoms with Crippen molar-refractivity contribution in [3.05, 3.63) is 109 Å². The number of aromatic nitrogens is 2. The van der Waals surface area contributed by atoms with E-state index in [9.17, 15) is 9.59 Å². The average Bonchev–Trinajstić information content (AvgIpc) is 3.53. The van der Waals surface area contributed by atoms with Gasteiger partial charge in [-0.2, -0.15) is 0 Å². The Hall–Kier alpha value is -4.06. The van der Waals surface area contributed by atoms with Crippen LogP contribution in [-0.2, 0) is 9.47 Å². The van der Waals surface area contributed by atoms with Crippen molar-refractivity contribution in [2.75, 3.05) is 13.2 Å². The van der Waals surface area contributed by atoms with Gasteiger partial charge in [-0.3, -0.25) is 0 Å². The number of hydrogen-bond acceptors (Lipinski definition) is 4. The first-order valence-corrected chi connectivity index (χ1v) is 10.0. The highest BCUT2D eigenvalue weighted by atomic mass is 16.5. The molecule has 156 valence electrons. The van der Waals surface area contributed by atoms with Crippen LogP contribution < -0.4 is 0 Å². The average molecular weight is 414 g/mol. The smallest absolute Gasteiger partial charge is 0.338 e. The van der Waals surface area contributed by atoms with Crippen molar-refractivity contribution in [3.63, 3.8) is 0 Å². The fourth-order valence-electron chi connectivity index (χ4n) is 3.11. The van der Waals surface area contributed by atoms with Crippen molar-refractivity contribution in [1.29, 1.82) is 0 Å². The molecule has 6 heteroatoms. The molecule has 0 unspecified atom stereocenters. The Morgan fingerprint density at radius 2 is 0.935 bits per heavy atom. The molecule has 2 aromatic heterocycles. The Morgan fingerprint density at radius 1 is 0.581 bits per heavy atom. The lowest BCUT2D eigenvalue weighted by atomic mass is 10.2. The van der Waals surface area contributed by atoms with E-state index >= 15 is 0 Å². The number of esters is 2. The van der Waals surface area contributed by atoms with Crippen LogP contribution >= 0.6 is 0 Å². The van der Waals surface area contributed by atoms with Crippen LogP contribution in [0.2, 0.25) is 0 Å². The minimum Gasteiger partial charge on any atom is -0.462 e. The molecule has 0 amide bonds. The zero-order chi connectivity index (χ0) is 21.5. The van der Waals surface area contributed by atoms with E-state index in [4.69, 9.17) is 9.47 Å². The van der Waals surface area contributed by atoms with Crippen molar-refractivity contribution in [2.24, 2.45) is 0 Å². The van der Waals surface area contributed by atoms with E-state index in [0.29, 0.717) is 17.5 Å². The fraction of sp³-hybridized carbons (Fsp3) is 0.120. The summed E-state index contributed by atoms with van der Waals surface area (Å²) >= 11 is 0. The number of carbonyl (C=O) groups is 2. The van der Waals surface area contributed by atoms with Crippen LogP contribution in [0.4, 0.5) is 0 Å². The molecule has 0 aliphatic heterocycles. The highest BCUT2D eigenvalue weighted by Crippen LogP contribution is 2.12. The Kier molecular flexibility index (Phi) is 6.28. The molecule has 0 bridgehead atoms. The molecular weight excluding hydrogens is 392 g/mol. The molecule has 4 rings (SSSR count). The van der Waals surface area contributed by atoms with E-state index in [1.54, 1.807) is 24.3 Å². The lowest BCUT2D eigenvalue weighted by molar-refractivity contribution is 0.0396. The molecule has 0 saturated carbocycles. The summed E-state index contributed by atoms with van der Waals surface area (Å²) in [6.07, 6.45) is 8.17. The van der Waals surface area contributed by atoms with Gasteiger partial charge < -0.3 is 18.6 Å². The topological polar surface area (TPSA) is 62.5 Å². The van der Waals surface area contributed by atoms with Crippen molar-refractivity contribution in [2.45, 2.75) is 6.42 Å². The summed E-state index contributed by atoms with van der Waals surface area (Å²) in [6.45, 7) is 0.357. The van der Waals surface area contributed by atoms with Gasteiger partial charge in [0.25, 0.3) is 0 Å². The molecule has 0 spiro atoms. The molecule has 0 aliphatic rings. The second-order valence-electron chi connectivity index (χ2n) is 6.90. The molecule has 2 aromatic carbocycles. The zero-order valence-corrected chi connectivity index (χ0v) is 16.9. The monoisotopic (exact) mass is 414 g/mol. The maximum absolute atomic E-state index is 12.2. The van der Waals surface area contributed by atoms with Gasteiger partial charge in [0.05, 0.1) is 24.3 Å². The van der Waals surface area contributed by atoms with Crippen LogP contribution in [0.25, 0.3) is 11.4 Å². The standard InChI is InChI=1S/C25H22N2O4/c28-24(20-6-10-22(11-7-20)26-14-1-2-15-26)30-18-5-19-31-25(29)21-8-12-23(13-9-21)27-16-3-4-17-27/h1-4,6-17H,5,18-19H2. The first kappa shape index (κ1) is 20.2. The third-order valence-corrected chi connectivity index (χ3v) is 4.77. The summed E-state index contributed by atoms with van der Waals surface area (Å²) < 4.78 is 14.4. The quantitative estimate of drug-likeness (QED) is 0.310. The SMILES string of the molecule is O=C(OCCCOC(=O)c1ccc(-n2cccc2)cc1)c1ccc(-n2cccc2)cc1. The van der Waals surface area contributed by atoms with E-state index < -0.39 is 11.9 Å². The predicted octanol–water partition coefficient (Wildman–Crippen LogP) is 4.67. The fourth-order valence-corrected chi connectivity index (χ4v) is 3.11. The maximum Gasteiger partial charge on any atom is 0.338 e. The van der Waals surface area contributed by atoms with Crippen LogP contribution in [-0.4, -0.2) is 34.3 Å². The third-order valence-electron chi connectivity index (χ3n) is 4.77. The van der Waals surface area contributed by atoms with Gasteiger partial charge in [0.15, 0.2) is 0 Å². The highest BCUT2D eigenvalue weighted by Gasteiger charge is 2.09. The first-order valence-electron chi connectivity index (χ1n) is 10.0. The van der Waals surface area contributed by atoms with Gasteiger partial charge in [0.1, 0.15) is 0 Å². The van der Waals surface area contributed by atoms with Gasteiger partial charge >= 0.3 is 11.9 Å². The summed E-state index contributed by atoms with van der Waals surface area (Å²) in [5, 5.41) is 0. The van der Waals surface area contributed by atoms with E-state index in [2.05, 4.69) is 0 Å². The molecule has 6 nitrogen and oxygen atoms in total. The minimum absolute atomic E-state index is 0.179. The predicted molar refractivity (Wildman–Crippen MR) is 117 cm³/mol. The number of rotatable bonds is 8. The largest absolute Gasteiger partial charge is 0.462 e. The van der Waals surface area contributed by atoms with E-state index in [0.717, 1.165) is 11.4 Å². The Labute approximate surface area is 180 Å². The number of hydrogen-bond donors (Lipinski definition) is 0. The van der Waals surface area contributed by atoms with E-state index in [-0.39, 0.29) is 13.2 Å². The Bertz CT molecular complexity index is 1020. The van der Waals surface area contributed by atoms with Crippen LogP contribution in [0, 0.1) is 0 Å². The van der Waals surface area contributed by atoms with Crippen molar-refractivity contribution >= 4 is 11.9 Å². The van der Waals surface area contributed by atoms with Crippen LogP contribution in [0.15, 0.2) is 97.6 Å². The molecule has 0 aliphatic carbocycles. The van der Waals surface area contributed by atoms with Crippen LogP contribution in [0.3, 0.4) is 0 Å². The Morgan fingerprint density at radius 3 is 1.29 bits per heavy atom. The Balaban J connectivity index is 1.18. The van der Waals surface area contributed by atoms with Crippen LogP contribution in [0.1, 0.15) is 27.1 Å². The minimum atomic E-state index is -0.397. The number of carbonyl (C=O) groups excluding carboxylic acids is 2. The summed E-state index contributed by atoms with van der Waals surface area (Å²) in [6, 6.07) is 22.1. The normalized spacial score (nSPS) is 10.6. The summed E-state index contributed by atoms with van der Waals surface area (Å²) in [5.74, 6) is -0.794. The van der Waals surface area contributed by atoms with Gasteiger partial charge in [-0.25, -0.2) is 9.59 Å². The summed E-state index contributed by atoms with van der Waals surface area (Å²) in [5.41, 5.74) is 2.90. The lowest BCUT2D eigenvalue weighted by Gasteiger charge is -2.08. The first-order chi connectivity index (χ1) is 15.2. The van der Waals surface area contributed by atoms with E-state index in [1.165, 1.54) is 0 Å². The zero-order valence-electron chi connectivity index (χ0n) is 16.9. The summed E-state index contributed by atoms with van der Waals surface area (Å²) in [7, 11) is 0.